The van der Waals surface area contributed by atoms with Crippen LogP contribution in [0.25, 0.3) is 27.7 Å². The lowest BCUT2D eigenvalue weighted by Crippen LogP contribution is -2.69. The van der Waals surface area contributed by atoms with Crippen LogP contribution in [0.3, 0.4) is 0 Å². The highest BCUT2D eigenvalue weighted by Crippen LogP contribution is 2.61. The molecule has 12 heteroatoms. The largest absolute Gasteiger partial charge is 0.382 e. The number of halogens is 4. The number of carbonyl (C=O) groups excluding carboxylic acids is 1. The van der Waals surface area contributed by atoms with Crippen LogP contribution in [-0.4, -0.2) is 40.5 Å². The summed E-state index contributed by atoms with van der Waals surface area (Å²) in [5, 5.41) is 3.59. The third-order valence-electron chi connectivity index (χ3n) is 8.04. The van der Waals surface area contributed by atoms with Gasteiger partial charge in [-0.25, -0.2) is 23.4 Å². The molecular weight excluding hydrogens is 514 g/mol. The SMILES string of the molecule is Nc1nc2cc(F)c(C(=O)N(Cc3ccc(-c4cnn(C(F)F)c4)cc3F)C34CC(C3)C4)cc2n2cncc12. The minimum Gasteiger partial charge on any atom is -0.382 e. The second kappa shape index (κ2) is 8.26. The van der Waals surface area contributed by atoms with Crippen molar-refractivity contribution in [2.24, 2.45) is 5.92 Å². The minimum absolute atomic E-state index is 0.0636. The molecule has 8 nitrogen and oxygen atoms in total. The van der Waals surface area contributed by atoms with Crippen LogP contribution in [0.15, 0.2) is 55.2 Å². The predicted octanol–water partition coefficient (Wildman–Crippen LogP) is 5.20. The number of rotatable bonds is 6. The van der Waals surface area contributed by atoms with E-state index in [1.54, 1.807) is 15.4 Å². The Morgan fingerprint density at radius 2 is 1.87 bits per heavy atom. The molecule has 0 spiro atoms. The van der Waals surface area contributed by atoms with Crippen molar-refractivity contribution in [3.63, 3.8) is 0 Å². The van der Waals surface area contributed by atoms with E-state index < -0.39 is 29.6 Å². The normalized spacial score (nSPS) is 19.9. The maximum atomic E-state index is 15.3. The van der Waals surface area contributed by atoms with Gasteiger partial charge in [0.05, 0.1) is 35.3 Å². The highest BCUT2D eigenvalue weighted by Gasteiger charge is 2.61. The molecule has 0 aliphatic heterocycles. The predicted molar refractivity (Wildman–Crippen MR) is 134 cm³/mol. The molecule has 3 aliphatic carbocycles. The van der Waals surface area contributed by atoms with E-state index in [-0.39, 0.29) is 29.0 Å². The van der Waals surface area contributed by atoms with Gasteiger partial charge in [-0.1, -0.05) is 12.1 Å². The Labute approximate surface area is 218 Å². The summed E-state index contributed by atoms with van der Waals surface area (Å²) >= 11 is 0. The number of aromatic nitrogens is 5. The van der Waals surface area contributed by atoms with Crippen molar-refractivity contribution < 1.29 is 22.4 Å². The second-order valence-corrected chi connectivity index (χ2v) is 10.4. The van der Waals surface area contributed by atoms with Crippen molar-refractivity contribution in [1.82, 2.24) is 29.0 Å². The van der Waals surface area contributed by atoms with Crippen molar-refractivity contribution in [1.29, 1.82) is 0 Å². The smallest absolute Gasteiger partial charge is 0.333 e. The fraction of sp³-hybridized carbons (Fsp3) is 0.259. The number of nitrogens with zero attached hydrogens (tertiary/aromatic N) is 6. The fourth-order valence-corrected chi connectivity index (χ4v) is 5.84. The average molecular weight is 536 g/mol. The third kappa shape index (κ3) is 3.57. The monoisotopic (exact) mass is 535 g/mol. The van der Waals surface area contributed by atoms with Crippen LogP contribution >= 0.6 is 0 Å². The zero-order chi connectivity index (χ0) is 27.1. The molecule has 2 aromatic carbocycles. The molecule has 3 heterocycles. The number of nitrogen functional groups attached to an aromatic ring is 1. The molecule has 2 bridgehead atoms. The molecule has 0 unspecified atom stereocenters. The Balaban J connectivity index is 1.25. The molecule has 0 radical (unpaired) electrons. The second-order valence-electron chi connectivity index (χ2n) is 10.4. The van der Waals surface area contributed by atoms with Gasteiger partial charge >= 0.3 is 6.55 Å². The molecule has 0 atom stereocenters. The van der Waals surface area contributed by atoms with Gasteiger partial charge in [0.15, 0.2) is 0 Å². The molecule has 198 valence electrons. The lowest BCUT2D eigenvalue weighted by atomic mass is 9.49. The van der Waals surface area contributed by atoms with Gasteiger partial charge < -0.3 is 10.6 Å². The summed E-state index contributed by atoms with van der Waals surface area (Å²) in [5.41, 5.74) is 7.61. The van der Waals surface area contributed by atoms with Gasteiger partial charge in [0, 0.05) is 35.5 Å². The first-order chi connectivity index (χ1) is 18.7. The highest BCUT2D eigenvalue weighted by molar-refractivity contribution is 5.99. The van der Waals surface area contributed by atoms with Crippen LogP contribution in [-0.2, 0) is 6.54 Å². The number of hydrogen-bond acceptors (Lipinski definition) is 5. The summed E-state index contributed by atoms with van der Waals surface area (Å²) < 4.78 is 58.6. The molecule has 8 rings (SSSR count). The standard InChI is InChI=1S/C27H21F4N7O/c28-19-3-15(17-9-34-38(12-17)26(30)31)1-2-16(19)11-37(27-6-14(7-27)8-27)25(39)18-4-22-21(5-20(18)29)35-24(32)23-10-33-13-36(22)23/h1-5,9-10,12-14,26H,6-8,11H2,(H2,32,35). The molecule has 3 aliphatic rings. The van der Waals surface area contributed by atoms with Gasteiger partial charge in [-0.2, -0.15) is 13.9 Å². The van der Waals surface area contributed by atoms with Gasteiger partial charge in [0.25, 0.3) is 5.91 Å². The number of fused-ring (bicyclic) bond motifs is 3. The van der Waals surface area contributed by atoms with Crippen LogP contribution in [0.4, 0.5) is 23.4 Å². The van der Waals surface area contributed by atoms with Crippen LogP contribution in [0.5, 0.6) is 0 Å². The molecule has 3 aromatic heterocycles. The number of carbonyl (C=O) groups is 1. The van der Waals surface area contributed by atoms with Crippen LogP contribution in [0.1, 0.15) is 41.7 Å². The molecule has 3 fully saturated rings. The summed E-state index contributed by atoms with van der Waals surface area (Å²) in [6, 6.07) is 6.96. The first-order valence-electron chi connectivity index (χ1n) is 12.4. The molecule has 39 heavy (non-hydrogen) atoms. The Hall–Kier alpha value is -4.48. The molecule has 0 saturated heterocycles. The Morgan fingerprint density at radius 1 is 1.08 bits per heavy atom. The third-order valence-corrected chi connectivity index (χ3v) is 8.04. The summed E-state index contributed by atoms with van der Waals surface area (Å²) in [6.07, 6.45) is 7.77. The quantitative estimate of drug-likeness (QED) is 0.302. The van der Waals surface area contributed by atoms with Gasteiger partial charge in [-0.3, -0.25) is 9.20 Å². The number of nitrogens with two attached hydrogens (primary N) is 1. The average Bonchev–Trinajstić information content (AvgIpc) is 3.53. The molecule has 3 saturated carbocycles. The summed E-state index contributed by atoms with van der Waals surface area (Å²) in [7, 11) is 0. The minimum atomic E-state index is -2.80. The zero-order valence-corrected chi connectivity index (χ0v) is 20.4. The fourth-order valence-electron chi connectivity index (χ4n) is 5.84. The topological polar surface area (TPSA) is 94.3 Å². The lowest BCUT2D eigenvalue weighted by Gasteiger charge is -2.66. The van der Waals surface area contributed by atoms with Gasteiger partial charge in [-0.05, 0) is 42.9 Å². The Kier molecular flexibility index (Phi) is 5.00. The van der Waals surface area contributed by atoms with Crippen molar-refractivity contribution >= 4 is 28.3 Å². The number of benzene rings is 2. The van der Waals surface area contributed by atoms with E-state index in [0.717, 1.165) is 25.5 Å². The maximum absolute atomic E-state index is 15.3. The van der Waals surface area contributed by atoms with Gasteiger partial charge in [-0.15, -0.1) is 0 Å². The van der Waals surface area contributed by atoms with E-state index in [4.69, 9.17) is 5.73 Å². The first-order valence-corrected chi connectivity index (χ1v) is 12.4. The van der Waals surface area contributed by atoms with Crippen molar-refractivity contribution in [2.75, 3.05) is 5.73 Å². The maximum Gasteiger partial charge on any atom is 0.333 e. The summed E-state index contributed by atoms with van der Waals surface area (Å²) in [4.78, 5) is 23.8. The van der Waals surface area contributed by atoms with Crippen LogP contribution in [0, 0.1) is 17.6 Å². The number of anilines is 1. The highest BCUT2D eigenvalue weighted by atomic mass is 19.3. The number of imidazole rings is 1. The van der Waals surface area contributed by atoms with Crippen LogP contribution < -0.4 is 5.73 Å². The Bertz CT molecular complexity index is 1780. The number of hydrogen-bond donors (Lipinski definition) is 1. The van der Waals surface area contributed by atoms with E-state index in [9.17, 15) is 13.6 Å². The molecule has 2 N–H and O–H groups in total. The molecular formula is C27H21F4N7O. The Morgan fingerprint density at radius 3 is 2.54 bits per heavy atom. The van der Waals surface area contributed by atoms with E-state index in [0.29, 0.717) is 32.8 Å². The van der Waals surface area contributed by atoms with Crippen molar-refractivity contribution in [2.45, 2.75) is 37.9 Å². The van der Waals surface area contributed by atoms with E-state index in [1.807, 2.05) is 0 Å². The van der Waals surface area contributed by atoms with E-state index in [2.05, 4.69) is 15.1 Å². The van der Waals surface area contributed by atoms with Crippen molar-refractivity contribution in [3.05, 3.63) is 78.0 Å². The summed E-state index contributed by atoms with van der Waals surface area (Å²) in [6.45, 7) is -2.87. The van der Waals surface area contributed by atoms with E-state index in [1.165, 1.54) is 43.0 Å². The molecule has 5 aromatic rings. The van der Waals surface area contributed by atoms with Crippen LogP contribution in [0.2, 0.25) is 0 Å². The van der Waals surface area contributed by atoms with Gasteiger partial charge in [0.1, 0.15) is 23.0 Å². The number of amides is 1. The lowest BCUT2D eigenvalue weighted by molar-refractivity contribution is -0.127. The zero-order valence-electron chi connectivity index (χ0n) is 20.4. The van der Waals surface area contributed by atoms with Gasteiger partial charge in [0.2, 0.25) is 0 Å². The first kappa shape index (κ1) is 23.6. The van der Waals surface area contributed by atoms with Crippen molar-refractivity contribution in [3.8, 4) is 11.1 Å². The summed E-state index contributed by atoms with van der Waals surface area (Å²) in [5.74, 6) is -1.19. The molecule has 1 amide bonds. The number of alkyl halides is 2. The van der Waals surface area contributed by atoms with E-state index >= 15 is 8.78 Å².